The van der Waals surface area contributed by atoms with E-state index in [0.717, 1.165) is 50.4 Å². The summed E-state index contributed by atoms with van der Waals surface area (Å²) in [6.07, 6.45) is 6.22. The van der Waals surface area contributed by atoms with E-state index < -0.39 is 0 Å². The van der Waals surface area contributed by atoms with E-state index in [1.807, 2.05) is 17.0 Å². The van der Waals surface area contributed by atoms with Gasteiger partial charge >= 0.3 is 0 Å². The van der Waals surface area contributed by atoms with E-state index in [9.17, 15) is 4.79 Å². The molecule has 1 unspecified atom stereocenters. The van der Waals surface area contributed by atoms with Gasteiger partial charge in [0.05, 0.1) is 12.5 Å². The number of carbonyl (C=O) groups is 1. The molecule has 2 heterocycles. The third kappa shape index (κ3) is 2.88. The molecular weight excluding hydrogens is 262 g/mol. The molecule has 2 aliphatic rings. The van der Waals surface area contributed by atoms with Gasteiger partial charge in [-0.3, -0.25) is 9.69 Å². The fourth-order valence-electron chi connectivity index (χ4n) is 3.20. The summed E-state index contributed by atoms with van der Waals surface area (Å²) >= 11 is 0. The van der Waals surface area contributed by atoms with Gasteiger partial charge < -0.3 is 10.2 Å². The van der Waals surface area contributed by atoms with Crippen LogP contribution in [0.2, 0.25) is 0 Å². The number of fused-ring (bicyclic) bond motifs is 1. The maximum absolute atomic E-state index is 12.8. The van der Waals surface area contributed by atoms with E-state index in [-0.39, 0.29) is 11.8 Å². The molecule has 0 saturated carbocycles. The zero-order chi connectivity index (χ0) is 14.7. The SMILES string of the molecule is C#CCN1CCN(C(=O)C2CCNc3ccccc32)CC1. The highest BCUT2D eigenvalue weighted by atomic mass is 16.2. The fraction of sp³-hybridized carbons (Fsp3) is 0.471. The molecule has 1 aromatic carbocycles. The van der Waals surface area contributed by atoms with Crippen LogP contribution in [-0.2, 0) is 4.79 Å². The van der Waals surface area contributed by atoms with Crippen LogP contribution in [0.1, 0.15) is 17.9 Å². The summed E-state index contributed by atoms with van der Waals surface area (Å²) in [4.78, 5) is 17.0. The summed E-state index contributed by atoms with van der Waals surface area (Å²) in [6, 6.07) is 8.15. The van der Waals surface area contributed by atoms with E-state index in [1.165, 1.54) is 0 Å². The average molecular weight is 283 g/mol. The molecule has 0 spiro atoms. The summed E-state index contributed by atoms with van der Waals surface area (Å²) in [7, 11) is 0. The minimum atomic E-state index is 0.00151. The van der Waals surface area contributed by atoms with Crippen molar-refractivity contribution in [1.29, 1.82) is 0 Å². The molecule has 21 heavy (non-hydrogen) atoms. The van der Waals surface area contributed by atoms with Gasteiger partial charge in [0.1, 0.15) is 0 Å². The van der Waals surface area contributed by atoms with E-state index in [2.05, 4.69) is 28.3 Å². The molecule has 1 fully saturated rings. The Bertz CT molecular complexity index is 555. The Balaban J connectivity index is 1.69. The first-order valence-corrected chi connectivity index (χ1v) is 7.57. The molecular formula is C17H21N3O. The lowest BCUT2D eigenvalue weighted by Gasteiger charge is -2.37. The first-order chi connectivity index (χ1) is 10.3. The van der Waals surface area contributed by atoms with Crippen molar-refractivity contribution in [3.8, 4) is 12.3 Å². The second-order valence-corrected chi connectivity index (χ2v) is 5.66. The number of piperazine rings is 1. The van der Waals surface area contributed by atoms with Crippen molar-refractivity contribution in [2.45, 2.75) is 12.3 Å². The van der Waals surface area contributed by atoms with Crippen LogP contribution in [0.5, 0.6) is 0 Å². The lowest BCUT2D eigenvalue weighted by atomic mass is 9.89. The standard InChI is InChI=1S/C17H21N3O/c1-2-9-19-10-12-20(13-11-19)17(21)15-7-8-18-16-6-4-3-5-14(15)16/h1,3-6,15,18H,7-13H2. The molecule has 4 nitrogen and oxygen atoms in total. The molecule has 0 aromatic heterocycles. The van der Waals surface area contributed by atoms with Gasteiger partial charge in [0.25, 0.3) is 0 Å². The quantitative estimate of drug-likeness (QED) is 0.833. The third-order valence-corrected chi connectivity index (χ3v) is 4.38. The van der Waals surface area contributed by atoms with Gasteiger partial charge in [0.15, 0.2) is 0 Å². The van der Waals surface area contributed by atoms with Crippen LogP contribution in [-0.4, -0.2) is 55.0 Å². The topological polar surface area (TPSA) is 35.6 Å². The smallest absolute Gasteiger partial charge is 0.230 e. The minimum absolute atomic E-state index is 0.00151. The number of nitrogens with zero attached hydrogens (tertiary/aromatic N) is 2. The van der Waals surface area contributed by atoms with E-state index in [0.29, 0.717) is 6.54 Å². The van der Waals surface area contributed by atoms with Gasteiger partial charge in [-0.1, -0.05) is 24.1 Å². The normalized spacial score (nSPS) is 22.0. The molecule has 1 N–H and O–H groups in total. The summed E-state index contributed by atoms with van der Waals surface area (Å²) in [5, 5.41) is 3.37. The Morgan fingerprint density at radius 1 is 1.29 bits per heavy atom. The highest BCUT2D eigenvalue weighted by molar-refractivity contribution is 5.86. The molecule has 0 radical (unpaired) electrons. The Kier molecular flexibility index (Phi) is 4.12. The summed E-state index contributed by atoms with van der Waals surface area (Å²) in [6.45, 7) is 4.87. The zero-order valence-electron chi connectivity index (χ0n) is 12.2. The number of amides is 1. The number of benzene rings is 1. The second-order valence-electron chi connectivity index (χ2n) is 5.66. The van der Waals surface area contributed by atoms with Crippen LogP contribution in [0.15, 0.2) is 24.3 Å². The Morgan fingerprint density at radius 3 is 2.81 bits per heavy atom. The Labute approximate surface area is 126 Å². The van der Waals surface area contributed by atoms with Gasteiger partial charge in [-0.05, 0) is 18.1 Å². The van der Waals surface area contributed by atoms with E-state index in [4.69, 9.17) is 6.42 Å². The van der Waals surface area contributed by atoms with Crippen LogP contribution in [0, 0.1) is 12.3 Å². The number of hydrogen-bond acceptors (Lipinski definition) is 3. The predicted octanol–water partition coefficient (Wildman–Crippen LogP) is 1.36. The van der Waals surface area contributed by atoms with Crippen molar-refractivity contribution in [2.24, 2.45) is 0 Å². The number of hydrogen-bond donors (Lipinski definition) is 1. The molecule has 2 aliphatic heterocycles. The van der Waals surface area contributed by atoms with Gasteiger partial charge in [0.2, 0.25) is 5.91 Å². The van der Waals surface area contributed by atoms with Crippen molar-refractivity contribution in [3.63, 3.8) is 0 Å². The van der Waals surface area contributed by atoms with Crippen molar-refractivity contribution in [1.82, 2.24) is 9.80 Å². The number of para-hydroxylation sites is 1. The van der Waals surface area contributed by atoms with Gasteiger partial charge in [-0.15, -0.1) is 6.42 Å². The van der Waals surface area contributed by atoms with Crippen LogP contribution >= 0.6 is 0 Å². The zero-order valence-corrected chi connectivity index (χ0v) is 12.2. The van der Waals surface area contributed by atoms with Crippen LogP contribution in [0.4, 0.5) is 5.69 Å². The summed E-state index contributed by atoms with van der Waals surface area (Å²) < 4.78 is 0. The number of terminal acetylenes is 1. The monoisotopic (exact) mass is 283 g/mol. The maximum atomic E-state index is 12.8. The molecule has 4 heteroatoms. The van der Waals surface area contributed by atoms with Crippen LogP contribution < -0.4 is 5.32 Å². The number of rotatable bonds is 2. The number of carbonyl (C=O) groups excluding carboxylic acids is 1. The minimum Gasteiger partial charge on any atom is -0.385 e. The highest BCUT2D eigenvalue weighted by Crippen LogP contribution is 2.32. The third-order valence-electron chi connectivity index (χ3n) is 4.38. The highest BCUT2D eigenvalue weighted by Gasteiger charge is 2.31. The van der Waals surface area contributed by atoms with Gasteiger partial charge in [-0.25, -0.2) is 0 Å². The lowest BCUT2D eigenvalue weighted by Crippen LogP contribution is -2.50. The van der Waals surface area contributed by atoms with Crippen molar-refractivity contribution >= 4 is 11.6 Å². The average Bonchev–Trinajstić information content (AvgIpc) is 2.55. The van der Waals surface area contributed by atoms with Crippen molar-refractivity contribution < 1.29 is 4.79 Å². The van der Waals surface area contributed by atoms with Gasteiger partial charge in [-0.2, -0.15) is 0 Å². The molecule has 110 valence electrons. The molecule has 1 aromatic rings. The largest absolute Gasteiger partial charge is 0.385 e. The first kappa shape index (κ1) is 14.0. The molecule has 1 amide bonds. The van der Waals surface area contributed by atoms with Crippen LogP contribution in [0.25, 0.3) is 0 Å². The second kappa shape index (κ2) is 6.19. The molecule has 1 saturated heterocycles. The number of anilines is 1. The molecule has 0 bridgehead atoms. The van der Waals surface area contributed by atoms with Crippen molar-refractivity contribution in [2.75, 3.05) is 44.6 Å². The fourth-order valence-corrected chi connectivity index (χ4v) is 3.20. The lowest BCUT2D eigenvalue weighted by molar-refractivity contribution is -0.134. The summed E-state index contributed by atoms with van der Waals surface area (Å²) in [5.41, 5.74) is 2.24. The molecule has 0 aliphatic carbocycles. The molecule has 1 atom stereocenters. The Hall–Kier alpha value is -1.99. The summed E-state index contributed by atoms with van der Waals surface area (Å²) in [5.74, 6) is 2.94. The first-order valence-electron chi connectivity index (χ1n) is 7.57. The Morgan fingerprint density at radius 2 is 2.05 bits per heavy atom. The van der Waals surface area contributed by atoms with E-state index >= 15 is 0 Å². The van der Waals surface area contributed by atoms with Gasteiger partial charge in [0, 0.05) is 38.4 Å². The number of nitrogens with one attached hydrogen (secondary N) is 1. The van der Waals surface area contributed by atoms with Crippen molar-refractivity contribution in [3.05, 3.63) is 29.8 Å². The predicted molar refractivity (Wildman–Crippen MR) is 84.1 cm³/mol. The molecule has 3 rings (SSSR count). The maximum Gasteiger partial charge on any atom is 0.230 e. The van der Waals surface area contributed by atoms with E-state index in [1.54, 1.807) is 0 Å². The van der Waals surface area contributed by atoms with Crippen LogP contribution in [0.3, 0.4) is 0 Å².